The molecule has 0 aliphatic heterocycles. The van der Waals surface area contributed by atoms with E-state index in [2.05, 4.69) is 38.2 Å². The molecule has 19 heavy (non-hydrogen) atoms. The van der Waals surface area contributed by atoms with Crippen molar-refractivity contribution in [2.45, 2.75) is 51.5 Å². The quantitative estimate of drug-likeness (QED) is 0.793. The number of rotatable bonds is 7. The molecule has 1 aromatic rings. The highest BCUT2D eigenvalue weighted by Gasteiger charge is 2.22. The van der Waals surface area contributed by atoms with Crippen LogP contribution >= 0.6 is 0 Å². The summed E-state index contributed by atoms with van der Waals surface area (Å²) in [6, 6.07) is 9.83. The van der Waals surface area contributed by atoms with Gasteiger partial charge in [0.1, 0.15) is 0 Å². The van der Waals surface area contributed by atoms with Crippen LogP contribution in [0, 0.1) is 0 Å². The molecule has 0 spiro atoms. The van der Waals surface area contributed by atoms with Crippen LogP contribution in [0.15, 0.2) is 30.3 Å². The molecule has 3 heteroatoms. The third-order valence-electron chi connectivity index (χ3n) is 3.47. The number of nitrogens with two attached hydrogens (primary N) is 1. The van der Waals surface area contributed by atoms with Gasteiger partial charge in [0.2, 0.25) is 5.91 Å². The molecule has 0 aliphatic carbocycles. The van der Waals surface area contributed by atoms with E-state index >= 15 is 0 Å². The molecule has 1 aromatic carbocycles. The Bertz CT molecular complexity index is 387. The molecule has 0 radical (unpaired) electrons. The molecule has 0 saturated carbocycles. The molecule has 3 nitrogen and oxygen atoms in total. The van der Waals surface area contributed by atoms with E-state index in [1.54, 1.807) is 0 Å². The summed E-state index contributed by atoms with van der Waals surface area (Å²) < 4.78 is 0. The lowest BCUT2D eigenvalue weighted by Crippen LogP contribution is -2.45. The van der Waals surface area contributed by atoms with Crippen LogP contribution in [0.1, 0.15) is 45.6 Å². The van der Waals surface area contributed by atoms with E-state index < -0.39 is 0 Å². The molecule has 0 fully saturated rings. The summed E-state index contributed by atoms with van der Waals surface area (Å²) in [6.07, 6.45) is 2.82. The molecule has 1 atom stereocenters. The first-order valence-corrected chi connectivity index (χ1v) is 7.06. The van der Waals surface area contributed by atoms with E-state index in [9.17, 15) is 4.79 Å². The first-order chi connectivity index (χ1) is 8.97. The van der Waals surface area contributed by atoms with Gasteiger partial charge >= 0.3 is 0 Å². The summed E-state index contributed by atoms with van der Waals surface area (Å²) in [7, 11) is 0. The molecule has 0 saturated heterocycles. The number of hydrogen-bond acceptors (Lipinski definition) is 2. The van der Waals surface area contributed by atoms with Crippen molar-refractivity contribution in [3.8, 4) is 0 Å². The molecule has 1 rings (SSSR count). The zero-order valence-corrected chi connectivity index (χ0v) is 12.3. The third-order valence-corrected chi connectivity index (χ3v) is 3.47. The van der Waals surface area contributed by atoms with E-state index in [-0.39, 0.29) is 17.4 Å². The van der Waals surface area contributed by atoms with Crippen molar-refractivity contribution in [2.75, 3.05) is 6.54 Å². The van der Waals surface area contributed by atoms with Gasteiger partial charge in [-0.2, -0.15) is 0 Å². The molecule has 1 amide bonds. The van der Waals surface area contributed by atoms with Gasteiger partial charge in [-0.3, -0.25) is 4.79 Å². The zero-order valence-electron chi connectivity index (χ0n) is 12.3. The first kappa shape index (κ1) is 15.7. The van der Waals surface area contributed by atoms with E-state index in [1.807, 2.05) is 18.2 Å². The summed E-state index contributed by atoms with van der Waals surface area (Å²) >= 11 is 0. The van der Waals surface area contributed by atoms with Crippen molar-refractivity contribution in [1.82, 2.24) is 5.32 Å². The predicted octanol–water partition coefficient (Wildman–Crippen LogP) is 2.60. The van der Waals surface area contributed by atoms with Crippen LogP contribution in [0.3, 0.4) is 0 Å². The molecular weight excluding hydrogens is 236 g/mol. The molecule has 106 valence electrons. The number of carbonyl (C=O) groups excluding carboxylic acids is 1. The second kappa shape index (κ2) is 7.29. The highest BCUT2D eigenvalue weighted by atomic mass is 16.2. The van der Waals surface area contributed by atoms with Gasteiger partial charge in [0.25, 0.3) is 0 Å². The maximum atomic E-state index is 11.9. The van der Waals surface area contributed by atoms with Gasteiger partial charge in [-0.25, -0.2) is 0 Å². The average molecular weight is 262 g/mol. The van der Waals surface area contributed by atoms with Crippen LogP contribution < -0.4 is 11.1 Å². The fraction of sp³-hybridized carbons (Fsp3) is 0.562. The molecule has 0 aliphatic rings. The van der Waals surface area contributed by atoms with E-state index in [4.69, 9.17) is 5.73 Å². The van der Waals surface area contributed by atoms with Crippen molar-refractivity contribution >= 4 is 5.91 Å². The maximum absolute atomic E-state index is 11.9. The fourth-order valence-electron chi connectivity index (χ4n) is 1.99. The molecule has 0 unspecified atom stereocenters. The fourth-order valence-corrected chi connectivity index (χ4v) is 1.99. The Labute approximate surface area is 116 Å². The van der Waals surface area contributed by atoms with Crippen LogP contribution in [-0.4, -0.2) is 18.5 Å². The number of nitrogens with one attached hydrogen (secondary N) is 1. The highest BCUT2D eigenvalue weighted by Crippen LogP contribution is 2.21. The predicted molar refractivity (Wildman–Crippen MR) is 80.0 cm³/mol. The Kier molecular flexibility index (Phi) is 6.03. The Hall–Kier alpha value is -1.35. The van der Waals surface area contributed by atoms with Gasteiger partial charge in [-0.1, -0.05) is 63.9 Å². The lowest BCUT2D eigenvalue weighted by Gasteiger charge is -2.26. The van der Waals surface area contributed by atoms with Crippen LogP contribution in [-0.2, 0) is 10.2 Å². The van der Waals surface area contributed by atoms with E-state index in [1.165, 1.54) is 5.56 Å². The lowest BCUT2D eigenvalue weighted by molar-refractivity contribution is -0.122. The lowest BCUT2D eigenvalue weighted by atomic mass is 9.84. The van der Waals surface area contributed by atoms with Crippen molar-refractivity contribution < 1.29 is 4.79 Å². The number of benzene rings is 1. The minimum atomic E-state index is -0.383. The van der Waals surface area contributed by atoms with Crippen molar-refractivity contribution in [3.63, 3.8) is 0 Å². The maximum Gasteiger partial charge on any atom is 0.236 e. The topological polar surface area (TPSA) is 55.1 Å². The van der Waals surface area contributed by atoms with Crippen molar-refractivity contribution in [1.29, 1.82) is 0 Å². The minimum Gasteiger partial charge on any atom is -0.354 e. The Morgan fingerprint density at radius 3 is 2.53 bits per heavy atom. The molecule has 3 N–H and O–H groups in total. The van der Waals surface area contributed by atoms with E-state index in [0.29, 0.717) is 6.54 Å². The van der Waals surface area contributed by atoms with Gasteiger partial charge < -0.3 is 11.1 Å². The Balaban J connectivity index is 2.49. The third kappa shape index (κ3) is 5.03. The number of amides is 1. The normalized spacial score (nSPS) is 13.1. The van der Waals surface area contributed by atoms with Gasteiger partial charge in [0.15, 0.2) is 0 Å². The summed E-state index contributed by atoms with van der Waals surface area (Å²) in [6.45, 7) is 6.96. The monoisotopic (exact) mass is 262 g/mol. The summed E-state index contributed by atoms with van der Waals surface area (Å²) in [5, 5.41) is 2.97. The number of unbranched alkanes of at least 4 members (excludes halogenated alkanes) is 1. The van der Waals surface area contributed by atoms with Gasteiger partial charge in [-0.15, -0.1) is 0 Å². The van der Waals surface area contributed by atoms with Gasteiger partial charge in [0.05, 0.1) is 6.04 Å². The van der Waals surface area contributed by atoms with Crippen LogP contribution in [0.2, 0.25) is 0 Å². The molecule has 0 heterocycles. The standard InChI is InChI=1S/C16H26N2O/c1-4-5-11-14(17)15(19)18-12-16(2,3)13-9-7-6-8-10-13/h6-10,14H,4-5,11-12,17H2,1-3H3,(H,18,19)/t14-/m0/s1. The zero-order chi connectivity index (χ0) is 14.3. The van der Waals surface area contributed by atoms with Gasteiger partial charge in [-0.05, 0) is 12.0 Å². The molecular formula is C16H26N2O. The van der Waals surface area contributed by atoms with Crippen LogP contribution in [0.25, 0.3) is 0 Å². The van der Waals surface area contributed by atoms with E-state index in [0.717, 1.165) is 19.3 Å². The van der Waals surface area contributed by atoms with Crippen LogP contribution in [0.5, 0.6) is 0 Å². The van der Waals surface area contributed by atoms with Crippen molar-refractivity contribution in [3.05, 3.63) is 35.9 Å². The second-order valence-corrected chi connectivity index (χ2v) is 5.72. The molecule has 0 bridgehead atoms. The van der Waals surface area contributed by atoms with Crippen molar-refractivity contribution in [2.24, 2.45) is 5.73 Å². The first-order valence-electron chi connectivity index (χ1n) is 7.06. The second-order valence-electron chi connectivity index (χ2n) is 5.72. The number of carbonyl (C=O) groups is 1. The Morgan fingerprint density at radius 2 is 1.95 bits per heavy atom. The summed E-state index contributed by atoms with van der Waals surface area (Å²) in [4.78, 5) is 11.9. The Morgan fingerprint density at radius 1 is 1.32 bits per heavy atom. The minimum absolute atomic E-state index is 0.0440. The van der Waals surface area contributed by atoms with Crippen LogP contribution in [0.4, 0.5) is 0 Å². The smallest absolute Gasteiger partial charge is 0.236 e. The molecule has 0 aromatic heterocycles. The number of hydrogen-bond donors (Lipinski definition) is 2. The largest absolute Gasteiger partial charge is 0.354 e. The average Bonchev–Trinajstić information content (AvgIpc) is 2.43. The summed E-state index contributed by atoms with van der Waals surface area (Å²) in [5.74, 6) is -0.0440. The SMILES string of the molecule is CCCC[C@H](N)C(=O)NCC(C)(C)c1ccccc1. The van der Waals surface area contributed by atoms with Gasteiger partial charge in [0, 0.05) is 12.0 Å². The highest BCUT2D eigenvalue weighted by molar-refractivity contribution is 5.81. The summed E-state index contributed by atoms with van der Waals surface area (Å²) in [5.41, 5.74) is 7.00.